The molecule has 0 spiro atoms. The van der Waals surface area contributed by atoms with Crippen LogP contribution in [-0.4, -0.2) is 29.1 Å². The van der Waals surface area contributed by atoms with Crippen molar-refractivity contribution in [3.8, 4) is 5.88 Å². The summed E-state index contributed by atoms with van der Waals surface area (Å²) >= 11 is 0. The van der Waals surface area contributed by atoms with Crippen LogP contribution in [0.15, 0.2) is 37.1 Å². The molecule has 1 atom stereocenters. The van der Waals surface area contributed by atoms with E-state index in [9.17, 15) is 0 Å². The van der Waals surface area contributed by atoms with Gasteiger partial charge < -0.3 is 10.1 Å². The number of hydrogen-bond acceptors (Lipinski definition) is 5. The Kier molecular flexibility index (Phi) is 4.20. The zero-order valence-electron chi connectivity index (χ0n) is 10.5. The first kappa shape index (κ1) is 12.4. The molecule has 2 heterocycles. The summed E-state index contributed by atoms with van der Waals surface area (Å²) in [5, 5.41) is 3.26. The van der Waals surface area contributed by atoms with Crippen molar-refractivity contribution in [1.82, 2.24) is 20.3 Å². The van der Waals surface area contributed by atoms with Gasteiger partial charge in [-0.1, -0.05) is 6.07 Å². The van der Waals surface area contributed by atoms with E-state index >= 15 is 0 Å². The molecule has 0 fully saturated rings. The van der Waals surface area contributed by atoms with Crippen molar-refractivity contribution in [2.75, 3.05) is 14.2 Å². The molecule has 0 aliphatic rings. The minimum absolute atomic E-state index is 0.182. The van der Waals surface area contributed by atoms with Gasteiger partial charge in [0.25, 0.3) is 0 Å². The zero-order valence-corrected chi connectivity index (χ0v) is 10.5. The van der Waals surface area contributed by atoms with Gasteiger partial charge in [0.15, 0.2) is 0 Å². The van der Waals surface area contributed by atoms with Crippen LogP contribution in [0.5, 0.6) is 5.88 Å². The molecule has 2 aromatic rings. The number of pyridine rings is 1. The lowest BCUT2D eigenvalue weighted by Gasteiger charge is -2.15. The highest BCUT2D eigenvalue weighted by molar-refractivity contribution is 5.21. The van der Waals surface area contributed by atoms with Gasteiger partial charge in [-0.25, -0.2) is 15.0 Å². The maximum absolute atomic E-state index is 5.04. The molecule has 18 heavy (non-hydrogen) atoms. The van der Waals surface area contributed by atoms with Gasteiger partial charge in [0.05, 0.1) is 7.11 Å². The zero-order chi connectivity index (χ0) is 12.8. The Morgan fingerprint density at radius 2 is 2.00 bits per heavy atom. The van der Waals surface area contributed by atoms with E-state index in [0.29, 0.717) is 5.88 Å². The Bertz CT molecular complexity index is 472. The standard InChI is InChI=1S/C13H16N4O/c1-14-12(11-7-15-9-16-8-11)5-10-3-4-13(18-2)17-6-10/h3-4,6-9,12,14H,5H2,1-2H3. The third-order valence-corrected chi connectivity index (χ3v) is 2.78. The molecule has 1 N–H and O–H groups in total. The second kappa shape index (κ2) is 6.07. The molecule has 0 aliphatic heterocycles. The molecule has 1 unspecified atom stereocenters. The minimum Gasteiger partial charge on any atom is -0.481 e. The molecule has 0 bridgehead atoms. The number of nitrogens with one attached hydrogen (secondary N) is 1. The molecule has 0 saturated heterocycles. The van der Waals surface area contributed by atoms with Crippen LogP contribution in [0.4, 0.5) is 0 Å². The van der Waals surface area contributed by atoms with E-state index in [1.165, 1.54) is 6.33 Å². The summed E-state index contributed by atoms with van der Waals surface area (Å²) < 4.78 is 5.04. The van der Waals surface area contributed by atoms with Crippen molar-refractivity contribution in [3.63, 3.8) is 0 Å². The van der Waals surface area contributed by atoms with Crippen molar-refractivity contribution in [2.45, 2.75) is 12.5 Å². The Hall–Kier alpha value is -2.01. The summed E-state index contributed by atoms with van der Waals surface area (Å²) in [6.07, 6.45) is 7.84. The summed E-state index contributed by atoms with van der Waals surface area (Å²) in [5.74, 6) is 0.628. The summed E-state index contributed by atoms with van der Waals surface area (Å²) in [7, 11) is 3.54. The Morgan fingerprint density at radius 1 is 1.22 bits per heavy atom. The normalized spacial score (nSPS) is 12.1. The minimum atomic E-state index is 0.182. The average Bonchev–Trinajstić information content (AvgIpc) is 2.46. The lowest BCUT2D eigenvalue weighted by Crippen LogP contribution is -2.19. The van der Waals surface area contributed by atoms with Crippen LogP contribution < -0.4 is 10.1 Å². The third kappa shape index (κ3) is 3.01. The molecular weight excluding hydrogens is 228 g/mol. The number of ether oxygens (including phenoxy) is 1. The Morgan fingerprint density at radius 3 is 2.56 bits per heavy atom. The predicted molar refractivity (Wildman–Crippen MR) is 68.3 cm³/mol. The van der Waals surface area contributed by atoms with E-state index in [0.717, 1.165) is 17.5 Å². The highest BCUT2D eigenvalue weighted by atomic mass is 16.5. The van der Waals surface area contributed by atoms with Crippen molar-refractivity contribution in [2.24, 2.45) is 0 Å². The molecule has 94 valence electrons. The average molecular weight is 244 g/mol. The number of aromatic nitrogens is 3. The molecule has 2 aromatic heterocycles. The molecular formula is C13H16N4O. The molecule has 0 amide bonds. The topological polar surface area (TPSA) is 59.9 Å². The SMILES string of the molecule is CNC(Cc1ccc(OC)nc1)c1cncnc1. The fourth-order valence-electron chi connectivity index (χ4n) is 1.77. The van der Waals surface area contributed by atoms with Crippen molar-refractivity contribution >= 4 is 0 Å². The number of nitrogens with zero attached hydrogens (tertiary/aromatic N) is 3. The van der Waals surface area contributed by atoms with E-state index in [4.69, 9.17) is 4.74 Å². The predicted octanol–water partition coefficient (Wildman–Crippen LogP) is 1.38. The quantitative estimate of drug-likeness (QED) is 0.861. The van der Waals surface area contributed by atoms with Gasteiger partial charge >= 0.3 is 0 Å². The second-order valence-electron chi connectivity index (χ2n) is 3.93. The molecule has 0 aliphatic carbocycles. The fraction of sp³-hybridized carbons (Fsp3) is 0.308. The molecule has 5 nitrogen and oxygen atoms in total. The van der Waals surface area contributed by atoms with E-state index < -0.39 is 0 Å². The van der Waals surface area contributed by atoms with E-state index in [-0.39, 0.29) is 6.04 Å². The molecule has 0 aromatic carbocycles. The summed E-state index contributed by atoms with van der Waals surface area (Å²) in [6, 6.07) is 4.06. The van der Waals surface area contributed by atoms with Crippen LogP contribution in [-0.2, 0) is 6.42 Å². The largest absolute Gasteiger partial charge is 0.481 e. The van der Waals surface area contributed by atoms with Gasteiger partial charge in [-0.15, -0.1) is 0 Å². The Labute approximate surface area is 106 Å². The number of rotatable bonds is 5. The molecule has 2 rings (SSSR count). The van der Waals surface area contributed by atoms with Crippen molar-refractivity contribution in [3.05, 3.63) is 48.2 Å². The van der Waals surface area contributed by atoms with Gasteiger partial charge in [-0.3, -0.25) is 0 Å². The van der Waals surface area contributed by atoms with Gasteiger partial charge in [0, 0.05) is 36.3 Å². The number of likely N-dealkylation sites (N-methyl/N-ethyl adjacent to an activating group) is 1. The van der Waals surface area contributed by atoms with Crippen LogP contribution in [0.1, 0.15) is 17.2 Å². The molecule has 5 heteroatoms. The van der Waals surface area contributed by atoms with Crippen LogP contribution in [0.3, 0.4) is 0 Å². The van der Waals surface area contributed by atoms with Crippen LogP contribution in [0.2, 0.25) is 0 Å². The van der Waals surface area contributed by atoms with E-state index in [2.05, 4.69) is 20.3 Å². The van der Waals surface area contributed by atoms with Gasteiger partial charge in [0.1, 0.15) is 6.33 Å². The first-order valence-electron chi connectivity index (χ1n) is 5.74. The first-order valence-corrected chi connectivity index (χ1v) is 5.74. The summed E-state index contributed by atoms with van der Waals surface area (Å²) in [4.78, 5) is 12.3. The fourth-order valence-corrected chi connectivity index (χ4v) is 1.77. The monoisotopic (exact) mass is 244 g/mol. The summed E-state index contributed by atoms with van der Waals surface area (Å²) in [5.41, 5.74) is 2.20. The molecule has 0 radical (unpaired) electrons. The Balaban J connectivity index is 2.10. The number of hydrogen-bond donors (Lipinski definition) is 1. The van der Waals surface area contributed by atoms with E-state index in [1.54, 1.807) is 7.11 Å². The maximum Gasteiger partial charge on any atom is 0.212 e. The van der Waals surface area contributed by atoms with Crippen LogP contribution in [0.25, 0.3) is 0 Å². The van der Waals surface area contributed by atoms with Crippen molar-refractivity contribution < 1.29 is 4.74 Å². The van der Waals surface area contributed by atoms with Crippen LogP contribution >= 0.6 is 0 Å². The van der Waals surface area contributed by atoms with Gasteiger partial charge in [-0.05, 0) is 19.0 Å². The maximum atomic E-state index is 5.04. The highest BCUT2D eigenvalue weighted by Gasteiger charge is 2.10. The second-order valence-corrected chi connectivity index (χ2v) is 3.93. The number of methoxy groups -OCH3 is 1. The highest BCUT2D eigenvalue weighted by Crippen LogP contribution is 2.17. The third-order valence-electron chi connectivity index (χ3n) is 2.78. The van der Waals surface area contributed by atoms with Crippen molar-refractivity contribution in [1.29, 1.82) is 0 Å². The lowest BCUT2D eigenvalue weighted by atomic mass is 10.0. The molecule has 0 saturated carbocycles. The van der Waals surface area contributed by atoms with E-state index in [1.807, 2.05) is 37.8 Å². The van der Waals surface area contributed by atoms with Gasteiger partial charge in [0.2, 0.25) is 5.88 Å². The first-order chi connectivity index (χ1) is 8.83. The van der Waals surface area contributed by atoms with Crippen LogP contribution in [0, 0.1) is 0 Å². The van der Waals surface area contributed by atoms with Gasteiger partial charge in [-0.2, -0.15) is 0 Å². The smallest absolute Gasteiger partial charge is 0.212 e. The lowest BCUT2D eigenvalue weighted by molar-refractivity contribution is 0.397. The summed E-state index contributed by atoms with van der Waals surface area (Å²) in [6.45, 7) is 0.